The van der Waals surface area contributed by atoms with Crippen LogP contribution >= 0.6 is 12.6 Å². The minimum Gasteiger partial charge on any atom is -0.371 e. The molecule has 1 unspecified atom stereocenters. The van der Waals surface area contributed by atoms with Crippen LogP contribution in [0.2, 0.25) is 0 Å². The van der Waals surface area contributed by atoms with Crippen LogP contribution in [0.4, 0.5) is 5.82 Å². The van der Waals surface area contributed by atoms with Crippen molar-refractivity contribution in [1.29, 1.82) is 0 Å². The van der Waals surface area contributed by atoms with Gasteiger partial charge in [0.2, 0.25) is 0 Å². The molecule has 0 saturated heterocycles. The molecule has 3 rings (SSSR count). The summed E-state index contributed by atoms with van der Waals surface area (Å²) in [7, 11) is 1.81. The van der Waals surface area contributed by atoms with Gasteiger partial charge in [-0.25, -0.2) is 15.0 Å². The number of nitrogens with zero attached hydrogens (tertiary/aromatic N) is 4. The Balaban J connectivity index is 2.01. The van der Waals surface area contributed by atoms with Crippen molar-refractivity contribution in [3.8, 4) is 0 Å². The first-order chi connectivity index (χ1) is 8.83. The second-order valence-electron chi connectivity index (χ2n) is 3.93. The summed E-state index contributed by atoms with van der Waals surface area (Å²) in [5.41, 5.74) is 1.50. The molecule has 18 heavy (non-hydrogen) atoms. The number of nitrogens with one attached hydrogen (secondary N) is 1. The summed E-state index contributed by atoms with van der Waals surface area (Å²) in [5.74, 6) is 1.38. The molecule has 1 aliphatic heterocycles. The summed E-state index contributed by atoms with van der Waals surface area (Å²) in [6.07, 6.45) is 7.09. The van der Waals surface area contributed by atoms with Crippen LogP contribution in [0.25, 0.3) is 11.2 Å². The fourth-order valence-corrected chi connectivity index (χ4v) is 2.18. The van der Waals surface area contributed by atoms with E-state index in [-0.39, 0.29) is 12.3 Å². The fraction of sp³-hybridized carbons (Fsp3) is 0.364. The van der Waals surface area contributed by atoms with Crippen LogP contribution in [-0.2, 0) is 4.74 Å². The molecule has 2 aromatic heterocycles. The summed E-state index contributed by atoms with van der Waals surface area (Å²) in [6.45, 7) is 0. The quantitative estimate of drug-likeness (QED) is 0.644. The molecule has 0 radical (unpaired) electrons. The first-order valence-corrected chi connectivity index (χ1v) is 6.26. The molecule has 2 aromatic rings. The van der Waals surface area contributed by atoms with Crippen molar-refractivity contribution < 1.29 is 4.74 Å². The molecule has 1 N–H and O–H groups in total. The van der Waals surface area contributed by atoms with Crippen molar-refractivity contribution in [1.82, 2.24) is 19.5 Å². The zero-order valence-electron chi connectivity index (χ0n) is 9.82. The predicted molar refractivity (Wildman–Crippen MR) is 71.8 cm³/mol. The topological polar surface area (TPSA) is 64.9 Å². The zero-order valence-corrected chi connectivity index (χ0v) is 10.7. The lowest BCUT2D eigenvalue weighted by Crippen LogP contribution is -2.13. The molecule has 0 bridgehead atoms. The van der Waals surface area contributed by atoms with Crippen LogP contribution in [0.15, 0.2) is 24.8 Å². The SMILES string of the molecule is CNc1ncnc2c1ncn2C1C=C[C@@H](CS)O1. The van der Waals surface area contributed by atoms with Gasteiger partial charge in [-0.3, -0.25) is 4.57 Å². The number of rotatable bonds is 3. The van der Waals surface area contributed by atoms with Gasteiger partial charge in [0.15, 0.2) is 17.7 Å². The Morgan fingerprint density at radius 2 is 2.28 bits per heavy atom. The van der Waals surface area contributed by atoms with Gasteiger partial charge in [0.05, 0.1) is 12.4 Å². The van der Waals surface area contributed by atoms with Gasteiger partial charge in [-0.1, -0.05) is 6.08 Å². The zero-order chi connectivity index (χ0) is 12.5. The van der Waals surface area contributed by atoms with E-state index in [1.54, 1.807) is 6.33 Å². The molecule has 0 fully saturated rings. The van der Waals surface area contributed by atoms with Gasteiger partial charge in [0, 0.05) is 12.8 Å². The molecule has 0 amide bonds. The highest BCUT2D eigenvalue weighted by Crippen LogP contribution is 2.26. The predicted octanol–water partition coefficient (Wildman–Crippen LogP) is 1.25. The maximum atomic E-state index is 5.79. The van der Waals surface area contributed by atoms with Crippen LogP contribution < -0.4 is 5.32 Å². The lowest BCUT2D eigenvalue weighted by atomic mass is 10.4. The van der Waals surface area contributed by atoms with E-state index in [4.69, 9.17) is 4.74 Å². The molecule has 3 heterocycles. The summed E-state index contributed by atoms with van der Waals surface area (Å²) >= 11 is 4.22. The average Bonchev–Trinajstić information content (AvgIpc) is 3.03. The van der Waals surface area contributed by atoms with E-state index in [0.29, 0.717) is 11.6 Å². The number of thiol groups is 1. The molecule has 6 nitrogen and oxygen atoms in total. The largest absolute Gasteiger partial charge is 0.371 e. The van der Waals surface area contributed by atoms with E-state index in [2.05, 4.69) is 32.9 Å². The van der Waals surface area contributed by atoms with Gasteiger partial charge < -0.3 is 10.1 Å². The Morgan fingerprint density at radius 1 is 1.39 bits per heavy atom. The van der Waals surface area contributed by atoms with Gasteiger partial charge in [0.1, 0.15) is 11.8 Å². The number of fused-ring (bicyclic) bond motifs is 1. The minimum absolute atomic E-state index is 0.0430. The Hall–Kier alpha value is -1.60. The van der Waals surface area contributed by atoms with E-state index < -0.39 is 0 Å². The van der Waals surface area contributed by atoms with Crippen molar-refractivity contribution in [2.24, 2.45) is 0 Å². The number of imidazole rings is 1. The Kier molecular flexibility index (Phi) is 2.92. The van der Waals surface area contributed by atoms with Gasteiger partial charge in [-0.2, -0.15) is 12.6 Å². The third-order valence-corrected chi connectivity index (χ3v) is 3.21. The van der Waals surface area contributed by atoms with Gasteiger partial charge in [-0.15, -0.1) is 0 Å². The highest BCUT2D eigenvalue weighted by Gasteiger charge is 2.22. The Labute approximate surface area is 110 Å². The molecule has 1 aliphatic rings. The van der Waals surface area contributed by atoms with E-state index in [1.165, 1.54) is 6.33 Å². The number of hydrogen-bond acceptors (Lipinski definition) is 6. The molecule has 94 valence electrons. The second kappa shape index (κ2) is 4.58. The first kappa shape index (κ1) is 11.5. The molecule has 0 aliphatic carbocycles. The molecular weight excluding hydrogens is 250 g/mol. The second-order valence-corrected chi connectivity index (χ2v) is 4.29. The Morgan fingerprint density at radius 3 is 3.00 bits per heavy atom. The number of ether oxygens (including phenoxy) is 1. The normalized spacial score (nSPS) is 22.8. The standard InChI is InChI=1S/C11H13N5OS/c1-12-10-9-11(14-5-13-10)16(6-15-9)8-3-2-7(4-18)17-8/h2-3,5-8,18H,4H2,1H3,(H,12,13,14)/t7-,8?/m0/s1. The fourth-order valence-electron chi connectivity index (χ4n) is 1.97. The lowest BCUT2D eigenvalue weighted by Gasteiger charge is -2.14. The summed E-state index contributed by atoms with van der Waals surface area (Å²) in [5, 5.41) is 3.00. The van der Waals surface area contributed by atoms with Crippen molar-refractivity contribution in [2.45, 2.75) is 12.3 Å². The van der Waals surface area contributed by atoms with Crippen molar-refractivity contribution >= 4 is 29.6 Å². The van der Waals surface area contributed by atoms with E-state index in [0.717, 1.165) is 11.2 Å². The number of aromatic nitrogens is 4. The third kappa shape index (κ3) is 1.75. The van der Waals surface area contributed by atoms with Crippen LogP contribution in [0, 0.1) is 0 Å². The molecule has 0 saturated carbocycles. The highest BCUT2D eigenvalue weighted by atomic mass is 32.1. The van der Waals surface area contributed by atoms with Crippen molar-refractivity contribution in [3.63, 3.8) is 0 Å². The molecule has 0 aromatic carbocycles. The smallest absolute Gasteiger partial charge is 0.167 e. The molecule has 0 spiro atoms. The van der Waals surface area contributed by atoms with Crippen molar-refractivity contribution in [3.05, 3.63) is 24.8 Å². The maximum absolute atomic E-state index is 5.79. The highest BCUT2D eigenvalue weighted by molar-refractivity contribution is 7.80. The first-order valence-electron chi connectivity index (χ1n) is 5.63. The third-order valence-electron chi connectivity index (χ3n) is 2.85. The van der Waals surface area contributed by atoms with Gasteiger partial charge in [-0.05, 0) is 6.08 Å². The minimum atomic E-state index is -0.174. The molecule has 7 heteroatoms. The maximum Gasteiger partial charge on any atom is 0.167 e. The monoisotopic (exact) mass is 263 g/mol. The van der Waals surface area contributed by atoms with Crippen LogP contribution in [0.3, 0.4) is 0 Å². The number of hydrogen-bond donors (Lipinski definition) is 2. The van der Waals surface area contributed by atoms with Crippen LogP contribution in [0.1, 0.15) is 6.23 Å². The summed E-state index contributed by atoms with van der Waals surface area (Å²) in [4.78, 5) is 12.7. The lowest BCUT2D eigenvalue weighted by molar-refractivity contribution is 0.0321. The van der Waals surface area contributed by atoms with Gasteiger partial charge in [0.25, 0.3) is 0 Å². The van der Waals surface area contributed by atoms with Gasteiger partial charge >= 0.3 is 0 Å². The number of anilines is 1. The molecule has 2 atom stereocenters. The summed E-state index contributed by atoms with van der Waals surface area (Å²) < 4.78 is 7.68. The summed E-state index contributed by atoms with van der Waals surface area (Å²) in [6, 6.07) is 0. The van der Waals surface area contributed by atoms with Crippen molar-refractivity contribution in [2.75, 3.05) is 18.1 Å². The van der Waals surface area contributed by atoms with Crippen LogP contribution in [-0.4, -0.2) is 38.4 Å². The van der Waals surface area contributed by atoms with Crippen LogP contribution in [0.5, 0.6) is 0 Å². The Bertz CT molecular complexity index is 596. The van der Waals surface area contributed by atoms with E-state index >= 15 is 0 Å². The average molecular weight is 263 g/mol. The van der Waals surface area contributed by atoms with E-state index in [1.807, 2.05) is 23.8 Å². The molecular formula is C11H13N5OS. The van der Waals surface area contributed by atoms with E-state index in [9.17, 15) is 0 Å².